The number of fused-ring (bicyclic) bond motifs is 1. The Morgan fingerprint density at radius 3 is 2.55 bits per heavy atom. The first-order valence-corrected chi connectivity index (χ1v) is 12.8. The standard InChI is InChI=1S/C12H19N4O12P3/c1-12(5-26-30(21,22)28-31(23,24)27-29(18,19)20)9(17)8(4-25-12)16-3-2-7-10(13)14-6-15-11(7)16/h2-3,6,8-9,17H,4-5H2,1H3,(H,21,22)(H,23,24)(H2,13,14,15)(H2,18,19,20). The number of anilines is 1. The van der Waals surface area contributed by atoms with Crippen LogP contribution in [0.15, 0.2) is 18.6 Å². The number of phosphoric ester groups is 1. The van der Waals surface area contributed by atoms with E-state index in [0.717, 1.165) is 0 Å². The maximum atomic E-state index is 11.9. The zero-order valence-electron chi connectivity index (χ0n) is 15.7. The lowest BCUT2D eigenvalue weighted by Gasteiger charge is -2.29. The highest BCUT2D eigenvalue weighted by Gasteiger charge is 2.49. The molecule has 5 unspecified atom stereocenters. The first-order valence-electron chi connectivity index (χ1n) is 8.30. The lowest BCUT2D eigenvalue weighted by atomic mass is 9.97. The van der Waals surface area contributed by atoms with Crippen LogP contribution in [0.25, 0.3) is 11.0 Å². The zero-order valence-corrected chi connectivity index (χ0v) is 18.3. The molecule has 0 spiro atoms. The van der Waals surface area contributed by atoms with E-state index in [1.807, 2.05) is 0 Å². The van der Waals surface area contributed by atoms with E-state index in [2.05, 4.69) is 23.1 Å². The van der Waals surface area contributed by atoms with E-state index in [1.165, 1.54) is 13.3 Å². The molecule has 1 saturated heterocycles. The summed E-state index contributed by atoms with van der Waals surface area (Å²) in [5, 5.41) is 11.3. The topological polar surface area (TPSA) is 246 Å². The molecule has 5 atom stereocenters. The number of aliphatic hydroxyl groups is 1. The van der Waals surface area contributed by atoms with Crippen molar-refractivity contribution in [2.75, 3.05) is 18.9 Å². The molecule has 7 N–H and O–H groups in total. The number of aromatic nitrogens is 3. The predicted molar refractivity (Wildman–Crippen MR) is 101 cm³/mol. The largest absolute Gasteiger partial charge is 0.490 e. The molecule has 1 aliphatic heterocycles. The van der Waals surface area contributed by atoms with Gasteiger partial charge < -0.3 is 39.7 Å². The van der Waals surface area contributed by atoms with E-state index >= 15 is 0 Å². The second-order valence-corrected chi connectivity index (χ2v) is 11.1. The second-order valence-electron chi connectivity index (χ2n) is 6.72. The van der Waals surface area contributed by atoms with Crippen molar-refractivity contribution in [2.24, 2.45) is 0 Å². The van der Waals surface area contributed by atoms with Crippen molar-refractivity contribution in [2.45, 2.75) is 24.7 Å². The van der Waals surface area contributed by atoms with Gasteiger partial charge in [0, 0.05) is 6.20 Å². The molecule has 19 heteroatoms. The Hall–Kier alpha value is -1.25. The maximum Gasteiger partial charge on any atom is 0.490 e. The van der Waals surface area contributed by atoms with Crippen LogP contribution >= 0.6 is 23.5 Å². The maximum absolute atomic E-state index is 11.9. The smallest absolute Gasteiger partial charge is 0.388 e. The molecule has 0 aliphatic carbocycles. The molecule has 3 heterocycles. The summed E-state index contributed by atoms with van der Waals surface area (Å²) < 4.78 is 52.9. The zero-order chi connectivity index (χ0) is 23.2. The second kappa shape index (κ2) is 8.27. The molecular formula is C12H19N4O12P3. The highest BCUT2D eigenvalue weighted by Crippen LogP contribution is 2.66. The molecular weight excluding hydrogens is 485 g/mol. The highest BCUT2D eigenvalue weighted by atomic mass is 31.3. The van der Waals surface area contributed by atoms with Gasteiger partial charge in [-0.05, 0) is 13.0 Å². The fraction of sp³-hybridized carbons (Fsp3) is 0.500. The molecule has 0 radical (unpaired) electrons. The predicted octanol–water partition coefficient (Wildman–Crippen LogP) is 0.0477. The van der Waals surface area contributed by atoms with Crippen LogP contribution in [-0.2, 0) is 31.6 Å². The number of nitrogen functional groups attached to an aromatic ring is 1. The van der Waals surface area contributed by atoms with Gasteiger partial charge in [-0.3, -0.25) is 4.52 Å². The fourth-order valence-electron chi connectivity index (χ4n) is 2.99. The number of hydrogen-bond donors (Lipinski definition) is 6. The third kappa shape index (κ3) is 5.57. The lowest BCUT2D eigenvalue weighted by Crippen LogP contribution is -2.43. The Balaban J connectivity index is 1.71. The monoisotopic (exact) mass is 504 g/mol. The minimum Gasteiger partial charge on any atom is -0.388 e. The van der Waals surface area contributed by atoms with Gasteiger partial charge in [-0.2, -0.15) is 8.62 Å². The molecule has 0 amide bonds. The van der Waals surface area contributed by atoms with Gasteiger partial charge in [0.1, 0.15) is 29.5 Å². The van der Waals surface area contributed by atoms with Crippen LogP contribution in [0.2, 0.25) is 0 Å². The van der Waals surface area contributed by atoms with Crippen LogP contribution in [0.1, 0.15) is 13.0 Å². The molecule has 2 aromatic rings. The average Bonchev–Trinajstić information content (AvgIpc) is 3.14. The summed E-state index contributed by atoms with van der Waals surface area (Å²) in [7, 11) is -16.5. The van der Waals surface area contributed by atoms with Crippen molar-refractivity contribution in [1.29, 1.82) is 0 Å². The van der Waals surface area contributed by atoms with Crippen molar-refractivity contribution in [3.8, 4) is 0 Å². The minimum atomic E-state index is -5.65. The minimum absolute atomic E-state index is 0.0644. The van der Waals surface area contributed by atoms with Gasteiger partial charge in [0.05, 0.1) is 24.6 Å². The van der Waals surface area contributed by atoms with Crippen molar-refractivity contribution >= 4 is 40.3 Å². The number of aliphatic hydroxyl groups excluding tert-OH is 1. The molecule has 2 aromatic heterocycles. The average molecular weight is 504 g/mol. The van der Waals surface area contributed by atoms with Crippen LogP contribution < -0.4 is 5.73 Å². The first kappa shape index (κ1) is 24.4. The van der Waals surface area contributed by atoms with E-state index in [9.17, 15) is 28.6 Å². The number of phosphoric acid groups is 3. The van der Waals surface area contributed by atoms with Gasteiger partial charge in [-0.25, -0.2) is 23.7 Å². The molecule has 1 fully saturated rings. The molecule has 1 aliphatic rings. The van der Waals surface area contributed by atoms with Crippen molar-refractivity contribution in [3.05, 3.63) is 18.6 Å². The van der Waals surface area contributed by atoms with E-state index in [4.69, 9.17) is 20.3 Å². The SMILES string of the molecule is CC1(COP(=O)(O)OP(=O)(O)OP(=O)(O)O)OCC(n2ccc3c(N)ncnc32)C1O. The summed E-state index contributed by atoms with van der Waals surface area (Å²) >= 11 is 0. The highest BCUT2D eigenvalue weighted by molar-refractivity contribution is 7.66. The molecule has 0 saturated carbocycles. The van der Waals surface area contributed by atoms with E-state index in [1.54, 1.807) is 16.8 Å². The quantitative estimate of drug-likeness (QED) is 0.260. The molecule has 0 bridgehead atoms. The lowest BCUT2D eigenvalue weighted by molar-refractivity contribution is -0.0762. The van der Waals surface area contributed by atoms with Crippen LogP contribution in [-0.4, -0.2) is 64.1 Å². The Morgan fingerprint density at radius 2 is 1.90 bits per heavy atom. The Kier molecular flexibility index (Phi) is 6.51. The third-order valence-electron chi connectivity index (χ3n) is 4.40. The number of nitrogens with zero attached hydrogens (tertiary/aromatic N) is 3. The molecule has 0 aromatic carbocycles. The van der Waals surface area contributed by atoms with Gasteiger partial charge in [-0.15, -0.1) is 0 Å². The first-order chi connectivity index (χ1) is 14.1. The summed E-state index contributed by atoms with van der Waals surface area (Å²) in [4.78, 5) is 43.8. The van der Waals surface area contributed by atoms with Gasteiger partial charge in [0.2, 0.25) is 0 Å². The number of ether oxygens (including phenoxy) is 1. The van der Waals surface area contributed by atoms with E-state index in [-0.39, 0.29) is 12.4 Å². The van der Waals surface area contributed by atoms with Gasteiger partial charge in [0.25, 0.3) is 0 Å². The Labute approximate surface area is 174 Å². The summed E-state index contributed by atoms with van der Waals surface area (Å²) in [6, 6.07) is 0.931. The summed E-state index contributed by atoms with van der Waals surface area (Å²) in [6.07, 6.45) is 1.53. The molecule has 16 nitrogen and oxygen atoms in total. The number of rotatable bonds is 8. The van der Waals surface area contributed by atoms with E-state index < -0.39 is 47.8 Å². The van der Waals surface area contributed by atoms with E-state index in [0.29, 0.717) is 11.0 Å². The van der Waals surface area contributed by atoms with Crippen LogP contribution in [0.5, 0.6) is 0 Å². The summed E-state index contributed by atoms with van der Waals surface area (Å²) in [5.74, 6) is 0.229. The van der Waals surface area contributed by atoms with Crippen LogP contribution in [0.4, 0.5) is 5.82 Å². The van der Waals surface area contributed by atoms with Gasteiger partial charge >= 0.3 is 23.5 Å². The van der Waals surface area contributed by atoms with Crippen LogP contribution in [0.3, 0.4) is 0 Å². The van der Waals surface area contributed by atoms with Gasteiger partial charge in [-0.1, -0.05) is 0 Å². The van der Waals surface area contributed by atoms with Gasteiger partial charge in [0.15, 0.2) is 0 Å². The van der Waals surface area contributed by atoms with Crippen molar-refractivity contribution in [1.82, 2.24) is 14.5 Å². The molecule has 3 rings (SSSR count). The fourth-order valence-corrected chi connectivity index (χ4v) is 6.10. The van der Waals surface area contributed by atoms with Crippen LogP contribution in [0, 0.1) is 0 Å². The third-order valence-corrected chi connectivity index (χ3v) is 8.18. The summed E-state index contributed by atoms with van der Waals surface area (Å²) in [5.41, 5.74) is 4.62. The summed E-state index contributed by atoms with van der Waals surface area (Å²) in [6.45, 7) is 0.479. The number of hydrogen-bond acceptors (Lipinski definition) is 11. The number of nitrogens with two attached hydrogens (primary N) is 1. The molecule has 31 heavy (non-hydrogen) atoms. The Bertz CT molecular complexity index is 1120. The van der Waals surface area contributed by atoms with Crippen molar-refractivity contribution in [3.63, 3.8) is 0 Å². The Morgan fingerprint density at radius 1 is 1.23 bits per heavy atom. The normalized spacial score (nSPS) is 28.5. The molecule has 174 valence electrons. The van der Waals surface area contributed by atoms with Crippen molar-refractivity contribution < 1.29 is 56.3 Å².